The second kappa shape index (κ2) is 8.65. The number of anilines is 1. The summed E-state index contributed by atoms with van der Waals surface area (Å²) in [6, 6.07) is 12.3. The largest absolute Gasteiger partial charge is 0.368 e. The quantitative estimate of drug-likeness (QED) is 0.861. The highest BCUT2D eigenvalue weighted by Gasteiger charge is 2.23. The van der Waals surface area contributed by atoms with Crippen LogP contribution in [0.2, 0.25) is 0 Å². The number of para-hydroxylation sites is 1. The topological polar surface area (TPSA) is 55.9 Å². The molecule has 6 nitrogen and oxygen atoms in total. The highest BCUT2D eigenvalue weighted by atomic mass is 32.1. The molecule has 1 saturated heterocycles. The lowest BCUT2D eigenvalue weighted by molar-refractivity contribution is -0.131. The summed E-state index contributed by atoms with van der Waals surface area (Å²) in [6.07, 6.45) is 1.30. The fourth-order valence-electron chi connectivity index (χ4n) is 3.81. The van der Waals surface area contributed by atoms with Gasteiger partial charge in [-0.05, 0) is 35.6 Å². The molecule has 0 atom stereocenters. The number of hydrogen-bond acceptors (Lipinski definition) is 4. The van der Waals surface area contributed by atoms with E-state index < -0.39 is 0 Å². The smallest absolute Gasteiger partial charge is 0.317 e. The summed E-state index contributed by atoms with van der Waals surface area (Å²) < 4.78 is 0. The molecule has 1 fully saturated rings. The first-order valence-electron chi connectivity index (χ1n) is 9.86. The molecule has 2 aromatic rings. The Labute approximate surface area is 169 Å². The highest BCUT2D eigenvalue weighted by Crippen LogP contribution is 2.24. The molecule has 0 unspecified atom stereocenters. The molecule has 0 bridgehead atoms. The van der Waals surface area contributed by atoms with Crippen LogP contribution in [0, 0.1) is 0 Å². The van der Waals surface area contributed by atoms with Gasteiger partial charge in [-0.2, -0.15) is 0 Å². The first kappa shape index (κ1) is 18.8. The molecule has 1 aromatic carbocycles. The Morgan fingerprint density at radius 2 is 1.75 bits per heavy atom. The maximum absolute atomic E-state index is 12.4. The predicted octanol–water partition coefficient (Wildman–Crippen LogP) is 2.55. The highest BCUT2D eigenvalue weighted by molar-refractivity contribution is 7.10. The van der Waals surface area contributed by atoms with Crippen molar-refractivity contribution in [1.29, 1.82) is 0 Å². The lowest BCUT2D eigenvalue weighted by atomic mass is 10.1. The first-order valence-corrected chi connectivity index (χ1v) is 10.7. The zero-order valence-electron chi connectivity index (χ0n) is 16.0. The van der Waals surface area contributed by atoms with Crippen molar-refractivity contribution in [2.24, 2.45) is 0 Å². The van der Waals surface area contributed by atoms with Gasteiger partial charge >= 0.3 is 6.03 Å². The molecule has 1 aromatic heterocycles. The third-order valence-corrected chi connectivity index (χ3v) is 6.49. The summed E-state index contributed by atoms with van der Waals surface area (Å²) >= 11 is 1.77. The third kappa shape index (κ3) is 4.30. The number of urea groups is 1. The van der Waals surface area contributed by atoms with Crippen molar-refractivity contribution < 1.29 is 9.59 Å². The Morgan fingerprint density at radius 3 is 2.54 bits per heavy atom. The number of nitrogens with one attached hydrogen (secondary N) is 1. The van der Waals surface area contributed by atoms with E-state index in [9.17, 15) is 9.59 Å². The number of carbonyl (C=O) groups is 2. The average Bonchev–Trinajstić information content (AvgIpc) is 3.22. The number of hydrogen-bond donors (Lipinski definition) is 1. The van der Waals surface area contributed by atoms with E-state index in [0.717, 1.165) is 26.1 Å². The molecule has 4 rings (SSSR count). The molecule has 2 aliphatic rings. The van der Waals surface area contributed by atoms with Gasteiger partial charge in [0, 0.05) is 62.8 Å². The van der Waals surface area contributed by atoms with Gasteiger partial charge in [0.25, 0.3) is 0 Å². The summed E-state index contributed by atoms with van der Waals surface area (Å²) in [5, 5.41) is 5.01. The van der Waals surface area contributed by atoms with E-state index in [1.165, 1.54) is 16.1 Å². The molecule has 2 aliphatic heterocycles. The van der Waals surface area contributed by atoms with Crippen LogP contribution in [0.25, 0.3) is 0 Å². The lowest BCUT2D eigenvalue weighted by Crippen LogP contribution is -2.52. The molecule has 3 heterocycles. The SMILES string of the molecule is O=C(CCNC(=O)N1CCN(c2ccccc2)CC1)N1CCc2sccc2C1. The first-order chi connectivity index (χ1) is 13.7. The summed E-state index contributed by atoms with van der Waals surface area (Å²) in [5.41, 5.74) is 2.47. The Hall–Kier alpha value is -2.54. The number of rotatable bonds is 4. The van der Waals surface area contributed by atoms with Crippen LogP contribution >= 0.6 is 11.3 Å². The van der Waals surface area contributed by atoms with Gasteiger partial charge in [0.2, 0.25) is 5.91 Å². The van der Waals surface area contributed by atoms with Crippen molar-refractivity contribution in [3.63, 3.8) is 0 Å². The van der Waals surface area contributed by atoms with Crippen LogP contribution in [0.5, 0.6) is 0 Å². The van der Waals surface area contributed by atoms with E-state index >= 15 is 0 Å². The summed E-state index contributed by atoms with van der Waals surface area (Å²) in [6.45, 7) is 4.92. The van der Waals surface area contributed by atoms with Gasteiger partial charge in [-0.25, -0.2) is 4.79 Å². The molecule has 0 spiro atoms. The van der Waals surface area contributed by atoms with Crippen molar-refractivity contribution in [2.45, 2.75) is 19.4 Å². The maximum Gasteiger partial charge on any atom is 0.317 e. The van der Waals surface area contributed by atoms with E-state index in [-0.39, 0.29) is 11.9 Å². The molecular formula is C21H26N4O2S. The Morgan fingerprint density at radius 1 is 0.964 bits per heavy atom. The van der Waals surface area contributed by atoms with E-state index in [2.05, 4.69) is 33.8 Å². The van der Waals surface area contributed by atoms with Gasteiger partial charge in [-0.1, -0.05) is 18.2 Å². The monoisotopic (exact) mass is 398 g/mol. The van der Waals surface area contributed by atoms with Gasteiger partial charge < -0.3 is 20.0 Å². The van der Waals surface area contributed by atoms with E-state index in [1.54, 1.807) is 11.3 Å². The van der Waals surface area contributed by atoms with Crippen LogP contribution in [-0.4, -0.2) is 61.0 Å². The molecule has 0 saturated carbocycles. The number of benzene rings is 1. The number of piperazine rings is 1. The predicted molar refractivity (Wildman–Crippen MR) is 112 cm³/mol. The molecule has 3 amide bonds. The van der Waals surface area contributed by atoms with Gasteiger partial charge in [-0.15, -0.1) is 11.3 Å². The van der Waals surface area contributed by atoms with Crippen molar-refractivity contribution >= 4 is 29.0 Å². The standard InChI is InChI=1S/C21H26N4O2S/c26-20(25-10-7-19-17(16-25)8-15-28-19)6-9-22-21(27)24-13-11-23(12-14-24)18-4-2-1-3-5-18/h1-5,8,15H,6-7,9-14,16H2,(H,22,27). The zero-order chi connectivity index (χ0) is 19.3. The van der Waals surface area contributed by atoms with Crippen LogP contribution in [0.15, 0.2) is 41.8 Å². The van der Waals surface area contributed by atoms with Gasteiger partial charge in [-0.3, -0.25) is 4.79 Å². The number of nitrogens with zero attached hydrogens (tertiary/aromatic N) is 3. The molecule has 0 aliphatic carbocycles. The Bertz CT molecular complexity index is 815. The molecule has 28 heavy (non-hydrogen) atoms. The van der Waals surface area contributed by atoms with E-state index in [1.807, 2.05) is 28.0 Å². The Balaban J connectivity index is 1.18. The maximum atomic E-state index is 12.4. The molecule has 148 valence electrons. The summed E-state index contributed by atoms with van der Waals surface area (Å²) in [4.78, 5) is 32.3. The Kier molecular flexibility index (Phi) is 5.81. The molecular weight excluding hydrogens is 372 g/mol. The lowest BCUT2D eigenvalue weighted by Gasteiger charge is -2.36. The van der Waals surface area contributed by atoms with Crippen LogP contribution < -0.4 is 10.2 Å². The van der Waals surface area contributed by atoms with Gasteiger partial charge in [0.1, 0.15) is 0 Å². The van der Waals surface area contributed by atoms with Crippen molar-refractivity contribution in [1.82, 2.24) is 15.1 Å². The van der Waals surface area contributed by atoms with Crippen molar-refractivity contribution in [3.8, 4) is 0 Å². The fraction of sp³-hybridized carbons (Fsp3) is 0.429. The fourth-order valence-corrected chi connectivity index (χ4v) is 4.70. The zero-order valence-corrected chi connectivity index (χ0v) is 16.8. The van der Waals surface area contributed by atoms with Gasteiger partial charge in [0.15, 0.2) is 0 Å². The van der Waals surface area contributed by atoms with Crippen LogP contribution in [-0.2, 0) is 17.8 Å². The second-order valence-electron chi connectivity index (χ2n) is 7.23. The number of thiophene rings is 1. The number of carbonyl (C=O) groups excluding carboxylic acids is 2. The third-order valence-electron chi connectivity index (χ3n) is 5.46. The molecule has 7 heteroatoms. The second-order valence-corrected chi connectivity index (χ2v) is 8.23. The van der Waals surface area contributed by atoms with Gasteiger partial charge in [0.05, 0.1) is 0 Å². The summed E-state index contributed by atoms with van der Waals surface area (Å²) in [7, 11) is 0. The van der Waals surface area contributed by atoms with E-state index in [0.29, 0.717) is 32.6 Å². The summed E-state index contributed by atoms with van der Waals surface area (Å²) in [5.74, 6) is 0.117. The number of fused-ring (bicyclic) bond motifs is 1. The van der Waals surface area contributed by atoms with Crippen LogP contribution in [0.4, 0.5) is 10.5 Å². The molecule has 1 N–H and O–H groups in total. The minimum absolute atomic E-state index is 0.0701. The van der Waals surface area contributed by atoms with Crippen LogP contribution in [0.3, 0.4) is 0 Å². The average molecular weight is 399 g/mol. The van der Waals surface area contributed by atoms with Crippen LogP contribution in [0.1, 0.15) is 16.9 Å². The van der Waals surface area contributed by atoms with E-state index in [4.69, 9.17) is 0 Å². The minimum atomic E-state index is -0.0701. The molecule has 0 radical (unpaired) electrons. The normalized spacial score (nSPS) is 16.6. The van der Waals surface area contributed by atoms with Crippen molar-refractivity contribution in [3.05, 3.63) is 52.2 Å². The minimum Gasteiger partial charge on any atom is -0.368 e. The van der Waals surface area contributed by atoms with Crippen molar-refractivity contribution in [2.75, 3.05) is 44.2 Å². The number of amides is 3.